The maximum atomic E-state index is 11.4. The van der Waals surface area contributed by atoms with E-state index in [4.69, 9.17) is 14.2 Å². The Bertz CT molecular complexity index is 357. The van der Waals surface area contributed by atoms with Crippen LogP contribution in [0.2, 0.25) is 0 Å². The van der Waals surface area contributed by atoms with Gasteiger partial charge in [-0.05, 0) is 0 Å². The van der Waals surface area contributed by atoms with Gasteiger partial charge in [0.25, 0.3) is 0 Å². The maximum Gasteiger partial charge on any atom is 0.410 e. The van der Waals surface area contributed by atoms with Gasteiger partial charge in [-0.1, -0.05) is 0 Å². The van der Waals surface area contributed by atoms with Gasteiger partial charge in [0.1, 0.15) is 18.2 Å². The van der Waals surface area contributed by atoms with E-state index in [-0.39, 0.29) is 42.5 Å². The zero-order valence-corrected chi connectivity index (χ0v) is 9.08. The van der Waals surface area contributed by atoms with E-state index >= 15 is 0 Å². The average molecular weight is 227 g/mol. The molecule has 88 valence electrons. The van der Waals surface area contributed by atoms with Gasteiger partial charge in [-0.25, -0.2) is 4.79 Å². The van der Waals surface area contributed by atoms with Crippen LogP contribution < -0.4 is 0 Å². The molecule has 0 aromatic rings. The number of carbonyl (C=O) groups excluding carboxylic acids is 2. The summed E-state index contributed by atoms with van der Waals surface area (Å²) in [5.74, 6) is -0.337. The van der Waals surface area contributed by atoms with Crippen LogP contribution in [0.15, 0.2) is 0 Å². The Kier molecular flexibility index (Phi) is 1.92. The zero-order chi connectivity index (χ0) is 11.4. The van der Waals surface area contributed by atoms with Crippen LogP contribution >= 0.6 is 0 Å². The molecule has 0 spiro atoms. The van der Waals surface area contributed by atoms with Crippen LogP contribution in [0, 0.1) is 0 Å². The van der Waals surface area contributed by atoms with Crippen molar-refractivity contribution in [3.05, 3.63) is 0 Å². The van der Waals surface area contributed by atoms with Gasteiger partial charge < -0.3 is 19.1 Å². The standard InChI is InChI=1S/C10H13NO5/c1-4(12)14-5-3-6-8(15-6)9-7(5)11(2)10(13)16-9/h5-9H,3H2,1-2H3/t5-,6-,7-,8-,9-/m1/s1. The van der Waals surface area contributed by atoms with Gasteiger partial charge in [-0.15, -0.1) is 0 Å². The Hall–Kier alpha value is -1.30. The summed E-state index contributed by atoms with van der Waals surface area (Å²) in [4.78, 5) is 23.9. The van der Waals surface area contributed by atoms with Crippen molar-refractivity contribution in [1.82, 2.24) is 4.90 Å². The molecule has 0 aromatic heterocycles. The molecule has 2 aliphatic heterocycles. The molecule has 6 heteroatoms. The highest BCUT2D eigenvalue weighted by atomic mass is 16.7. The van der Waals surface area contributed by atoms with Crippen LogP contribution in [0.3, 0.4) is 0 Å². The third kappa shape index (κ3) is 1.29. The minimum atomic E-state index is -0.372. The number of carbonyl (C=O) groups is 2. The van der Waals surface area contributed by atoms with Crippen LogP contribution in [0.4, 0.5) is 4.79 Å². The Morgan fingerprint density at radius 1 is 1.50 bits per heavy atom. The van der Waals surface area contributed by atoms with Gasteiger partial charge in [0.05, 0.1) is 6.10 Å². The van der Waals surface area contributed by atoms with E-state index in [2.05, 4.69) is 0 Å². The predicted molar refractivity (Wildman–Crippen MR) is 50.7 cm³/mol. The number of nitrogens with zero attached hydrogens (tertiary/aromatic N) is 1. The van der Waals surface area contributed by atoms with E-state index in [1.54, 1.807) is 7.05 Å². The van der Waals surface area contributed by atoms with Crippen molar-refractivity contribution in [2.75, 3.05) is 7.05 Å². The molecule has 6 nitrogen and oxygen atoms in total. The highest BCUT2D eigenvalue weighted by Gasteiger charge is 2.63. The third-order valence-electron chi connectivity index (χ3n) is 3.42. The molecule has 1 saturated carbocycles. The fraction of sp³-hybridized carbons (Fsp3) is 0.800. The largest absolute Gasteiger partial charge is 0.460 e. The van der Waals surface area contributed by atoms with E-state index < -0.39 is 0 Å². The Morgan fingerprint density at radius 3 is 2.94 bits per heavy atom. The summed E-state index contributed by atoms with van der Waals surface area (Å²) in [7, 11) is 1.66. The lowest BCUT2D eigenvalue weighted by Gasteiger charge is -2.31. The second-order valence-corrected chi connectivity index (χ2v) is 4.47. The number of fused-ring (bicyclic) bond motifs is 3. The van der Waals surface area contributed by atoms with Gasteiger partial charge in [-0.3, -0.25) is 4.79 Å². The molecule has 0 N–H and O–H groups in total. The first-order valence-corrected chi connectivity index (χ1v) is 5.34. The smallest absolute Gasteiger partial charge is 0.410 e. The lowest BCUT2D eigenvalue weighted by Crippen LogP contribution is -2.51. The minimum absolute atomic E-state index is 0.00860. The van der Waals surface area contributed by atoms with E-state index in [1.165, 1.54) is 11.8 Å². The summed E-state index contributed by atoms with van der Waals surface area (Å²) in [5, 5.41) is 0. The summed E-state index contributed by atoms with van der Waals surface area (Å²) < 4.78 is 15.8. The van der Waals surface area contributed by atoms with Gasteiger partial charge in [0.15, 0.2) is 6.10 Å². The first-order valence-electron chi connectivity index (χ1n) is 5.34. The topological polar surface area (TPSA) is 68.4 Å². The molecule has 0 aromatic carbocycles. The summed E-state index contributed by atoms with van der Waals surface area (Å²) in [6.07, 6.45) is -0.269. The Morgan fingerprint density at radius 2 is 2.25 bits per heavy atom. The minimum Gasteiger partial charge on any atom is -0.460 e. The lowest BCUT2D eigenvalue weighted by molar-refractivity contribution is -0.150. The van der Waals surface area contributed by atoms with Crippen LogP contribution in [-0.4, -0.2) is 54.5 Å². The monoisotopic (exact) mass is 227 g/mol. The van der Waals surface area contributed by atoms with Crippen molar-refractivity contribution in [3.63, 3.8) is 0 Å². The molecule has 1 amide bonds. The quantitative estimate of drug-likeness (QED) is 0.462. The molecule has 0 radical (unpaired) electrons. The molecule has 2 saturated heterocycles. The molecule has 0 unspecified atom stereocenters. The van der Waals surface area contributed by atoms with Gasteiger partial charge in [0.2, 0.25) is 0 Å². The number of hydrogen-bond acceptors (Lipinski definition) is 5. The Balaban J connectivity index is 1.83. The molecule has 2 heterocycles. The first-order chi connectivity index (χ1) is 7.58. The second-order valence-electron chi connectivity index (χ2n) is 4.47. The number of rotatable bonds is 1. The van der Waals surface area contributed by atoms with E-state index in [9.17, 15) is 9.59 Å². The molecule has 16 heavy (non-hydrogen) atoms. The van der Waals surface area contributed by atoms with Crippen molar-refractivity contribution in [1.29, 1.82) is 0 Å². The fourth-order valence-electron chi connectivity index (χ4n) is 2.67. The van der Waals surface area contributed by atoms with Crippen molar-refractivity contribution in [2.45, 2.75) is 43.8 Å². The summed E-state index contributed by atoms with van der Waals surface area (Å²) in [5.41, 5.74) is 0. The van der Waals surface area contributed by atoms with Crippen molar-refractivity contribution < 1.29 is 23.8 Å². The summed E-state index contributed by atoms with van der Waals surface area (Å²) in [6, 6.07) is -0.208. The average Bonchev–Trinajstić information content (AvgIpc) is 2.88. The van der Waals surface area contributed by atoms with Gasteiger partial charge >= 0.3 is 12.1 Å². The second kappa shape index (κ2) is 3.10. The molecule has 3 fully saturated rings. The normalized spacial score (nSPS) is 44.5. The Labute approximate surface area is 92.4 Å². The van der Waals surface area contributed by atoms with Crippen molar-refractivity contribution in [2.24, 2.45) is 0 Å². The van der Waals surface area contributed by atoms with E-state index in [0.717, 1.165) is 0 Å². The number of esters is 1. The molecular weight excluding hydrogens is 214 g/mol. The van der Waals surface area contributed by atoms with E-state index in [1.807, 2.05) is 0 Å². The molecular formula is C10H13NO5. The van der Waals surface area contributed by atoms with Crippen LogP contribution in [0.1, 0.15) is 13.3 Å². The summed E-state index contributed by atoms with van der Waals surface area (Å²) >= 11 is 0. The number of amides is 1. The number of epoxide rings is 1. The highest BCUT2D eigenvalue weighted by Crippen LogP contribution is 2.44. The molecule has 3 rings (SSSR count). The predicted octanol–water partition coefficient (Wildman–Crippen LogP) is -0.0916. The third-order valence-corrected chi connectivity index (χ3v) is 3.42. The first kappa shape index (κ1) is 9.89. The van der Waals surface area contributed by atoms with E-state index in [0.29, 0.717) is 6.42 Å². The van der Waals surface area contributed by atoms with Crippen molar-refractivity contribution in [3.8, 4) is 0 Å². The molecule has 1 aliphatic carbocycles. The van der Waals surface area contributed by atoms with Crippen LogP contribution in [-0.2, 0) is 19.0 Å². The molecule has 3 aliphatic rings. The fourth-order valence-corrected chi connectivity index (χ4v) is 2.67. The van der Waals surface area contributed by atoms with Gasteiger partial charge in [0, 0.05) is 20.4 Å². The van der Waals surface area contributed by atoms with Gasteiger partial charge in [-0.2, -0.15) is 0 Å². The maximum absolute atomic E-state index is 11.4. The number of likely N-dealkylation sites (N-methyl/N-ethyl adjacent to an activating group) is 1. The van der Waals surface area contributed by atoms with Crippen LogP contribution in [0.25, 0.3) is 0 Å². The highest BCUT2D eigenvalue weighted by molar-refractivity contribution is 5.71. The lowest BCUT2D eigenvalue weighted by atomic mass is 9.89. The van der Waals surface area contributed by atoms with Crippen LogP contribution in [0.5, 0.6) is 0 Å². The molecule has 0 bridgehead atoms. The number of hydrogen-bond donors (Lipinski definition) is 0. The molecule has 5 atom stereocenters. The SMILES string of the molecule is CC(=O)O[C@@H]1C[C@H]2O[C@H]2[C@@H]2OC(=O)N(C)[C@@H]21. The number of ether oxygens (including phenoxy) is 3. The van der Waals surface area contributed by atoms with Crippen molar-refractivity contribution >= 4 is 12.1 Å². The summed E-state index contributed by atoms with van der Waals surface area (Å²) in [6.45, 7) is 1.37. The zero-order valence-electron chi connectivity index (χ0n) is 9.08.